The molecule has 1 saturated carbocycles. The minimum absolute atomic E-state index is 0.140. The number of alkyl halides is 3. The van der Waals surface area contributed by atoms with Crippen LogP contribution in [0, 0.1) is 5.92 Å². The molecule has 0 N–H and O–H groups in total. The SMILES string of the molecule is O=C(c1ccc(C(F)(F)F)cc1)N1CCC2(CC1)SCCN2C(=O)C1CCCCC1. The number of thioether (sulfide) groups is 1. The van der Waals surface area contributed by atoms with Gasteiger partial charge in [0.1, 0.15) is 0 Å². The van der Waals surface area contributed by atoms with Crippen molar-refractivity contribution in [2.24, 2.45) is 5.92 Å². The van der Waals surface area contributed by atoms with Crippen molar-refractivity contribution >= 4 is 23.6 Å². The lowest BCUT2D eigenvalue weighted by atomic mass is 9.87. The van der Waals surface area contributed by atoms with Crippen LogP contribution in [0.2, 0.25) is 0 Å². The molecule has 8 heteroatoms. The molecule has 0 radical (unpaired) electrons. The lowest BCUT2D eigenvalue weighted by Crippen LogP contribution is -2.55. The van der Waals surface area contributed by atoms with Crippen LogP contribution in [-0.4, -0.2) is 51.9 Å². The average molecular weight is 441 g/mol. The maximum Gasteiger partial charge on any atom is 0.416 e. The van der Waals surface area contributed by atoms with Gasteiger partial charge in [-0.05, 0) is 49.9 Å². The molecule has 2 aliphatic heterocycles. The Hall–Kier alpha value is -1.70. The molecule has 4 nitrogen and oxygen atoms in total. The first-order chi connectivity index (χ1) is 14.3. The summed E-state index contributed by atoms with van der Waals surface area (Å²) in [4.78, 5) is 29.5. The maximum absolute atomic E-state index is 13.2. The Morgan fingerprint density at radius 2 is 1.60 bits per heavy atom. The van der Waals surface area contributed by atoms with E-state index in [-0.39, 0.29) is 28.2 Å². The second kappa shape index (κ2) is 8.44. The molecule has 3 fully saturated rings. The number of likely N-dealkylation sites (tertiary alicyclic amines) is 1. The van der Waals surface area contributed by atoms with Gasteiger partial charge < -0.3 is 9.80 Å². The molecule has 0 atom stereocenters. The van der Waals surface area contributed by atoms with Crippen LogP contribution in [0.5, 0.6) is 0 Å². The van der Waals surface area contributed by atoms with Gasteiger partial charge in [-0.1, -0.05) is 19.3 Å². The van der Waals surface area contributed by atoms with E-state index in [2.05, 4.69) is 4.90 Å². The Morgan fingerprint density at radius 1 is 0.967 bits per heavy atom. The van der Waals surface area contributed by atoms with Gasteiger partial charge in [0.2, 0.25) is 5.91 Å². The fourth-order valence-electron chi connectivity index (χ4n) is 4.95. The van der Waals surface area contributed by atoms with E-state index in [0.717, 1.165) is 50.1 Å². The molecule has 2 heterocycles. The van der Waals surface area contributed by atoms with E-state index in [0.29, 0.717) is 25.9 Å². The minimum Gasteiger partial charge on any atom is -0.338 e. The molecule has 1 aromatic rings. The van der Waals surface area contributed by atoms with Crippen LogP contribution in [0.25, 0.3) is 0 Å². The number of amides is 2. The first kappa shape index (κ1) is 21.5. The largest absolute Gasteiger partial charge is 0.416 e. The van der Waals surface area contributed by atoms with Gasteiger partial charge in [0.05, 0.1) is 10.4 Å². The van der Waals surface area contributed by atoms with Gasteiger partial charge in [-0.3, -0.25) is 9.59 Å². The molecule has 0 bridgehead atoms. The standard InChI is InChI=1S/C22H27F3N2O2S/c23-22(24,25)18-8-6-17(7-9-18)19(28)26-12-10-21(11-13-26)27(14-15-30-21)20(29)16-4-2-1-3-5-16/h6-9,16H,1-5,10-15H2. The highest BCUT2D eigenvalue weighted by Gasteiger charge is 2.48. The van der Waals surface area contributed by atoms with E-state index in [1.165, 1.54) is 18.6 Å². The number of halogens is 3. The average Bonchev–Trinajstić information content (AvgIpc) is 3.16. The van der Waals surface area contributed by atoms with E-state index in [9.17, 15) is 22.8 Å². The third kappa shape index (κ3) is 4.20. The predicted octanol–water partition coefficient (Wildman–Crippen LogP) is 4.79. The smallest absolute Gasteiger partial charge is 0.338 e. The summed E-state index contributed by atoms with van der Waals surface area (Å²) in [6.07, 6.45) is 2.44. The molecule has 1 aliphatic carbocycles. The summed E-state index contributed by atoms with van der Waals surface area (Å²) >= 11 is 1.82. The lowest BCUT2D eigenvalue weighted by Gasteiger charge is -2.45. The van der Waals surface area contributed by atoms with Gasteiger partial charge in [-0.25, -0.2) is 0 Å². The molecule has 2 saturated heterocycles. The van der Waals surface area contributed by atoms with E-state index >= 15 is 0 Å². The molecule has 3 aliphatic rings. The Bertz CT molecular complexity index is 783. The summed E-state index contributed by atoms with van der Waals surface area (Å²) in [5.41, 5.74) is -0.482. The summed E-state index contributed by atoms with van der Waals surface area (Å²) in [6.45, 7) is 1.80. The first-order valence-electron chi connectivity index (χ1n) is 10.7. The van der Waals surface area contributed by atoms with Crippen molar-refractivity contribution in [2.75, 3.05) is 25.4 Å². The van der Waals surface area contributed by atoms with Crippen molar-refractivity contribution in [1.82, 2.24) is 9.80 Å². The lowest BCUT2D eigenvalue weighted by molar-refractivity contribution is -0.140. The van der Waals surface area contributed by atoms with Crippen molar-refractivity contribution < 1.29 is 22.8 Å². The van der Waals surface area contributed by atoms with Crippen LogP contribution in [0.15, 0.2) is 24.3 Å². The molecule has 1 spiro atoms. The topological polar surface area (TPSA) is 40.6 Å². The summed E-state index contributed by atoms with van der Waals surface area (Å²) in [7, 11) is 0. The zero-order valence-electron chi connectivity index (χ0n) is 16.9. The van der Waals surface area contributed by atoms with E-state index < -0.39 is 11.7 Å². The number of piperidine rings is 1. The zero-order valence-corrected chi connectivity index (χ0v) is 17.7. The second-order valence-corrected chi connectivity index (χ2v) is 9.94. The number of nitrogens with zero attached hydrogens (tertiary/aromatic N) is 2. The summed E-state index contributed by atoms with van der Waals surface area (Å²) < 4.78 is 38.3. The maximum atomic E-state index is 13.2. The van der Waals surface area contributed by atoms with Crippen molar-refractivity contribution in [3.63, 3.8) is 0 Å². The highest BCUT2D eigenvalue weighted by Crippen LogP contribution is 2.45. The van der Waals surface area contributed by atoms with Crippen molar-refractivity contribution in [3.05, 3.63) is 35.4 Å². The van der Waals surface area contributed by atoms with Gasteiger partial charge in [0.15, 0.2) is 0 Å². The zero-order chi connectivity index (χ0) is 21.4. The van der Waals surface area contributed by atoms with Crippen LogP contribution in [-0.2, 0) is 11.0 Å². The second-order valence-electron chi connectivity index (χ2n) is 8.49. The summed E-state index contributed by atoms with van der Waals surface area (Å²) in [5.74, 6) is 1.10. The quantitative estimate of drug-likeness (QED) is 0.664. The third-order valence-electron chi connectivity index (χ3n) is 6.69. The first-order valence-corrected chi connectivity index (χ1v) is 11.7. The Balaban J connectivity index is 1.40. The van der Waals surface area contributed by atoms with Crippen LogP contribution < -0.4 is 0 Å². The molecule has 164 valence electrons. The van der Waals surface area contributed by atoms with Gasteiger partial charge >= 0.3 is 6.18 Å². The third-order valence-corrected chi connectivity index (χ3v) is 8.24. The Morgan fingerprint density at radius 3 is 2.20 bits per heavy atom. The normalized spacial score (nSPS) is 22.5. The van der Waals surface area contributed by atoms with Gasteiger partial charge in [-0.15, -0.1) is 11.8 Å². The fraction of sp³-hybridized carbons (Fsp3) is 0.636. The number of rotatable bonds is 2. The predicted molar refractivity (Wildman–Crippen MR) is 110 cm³/mol. The van der Waals surface area contributed by atoms with Crippen molar-refractivity contribution in [2.45, 2.75) is 56.0 Å². The van der Waals surface area contributed by atoms with Gasteiger partial charge in [-0.2, -0.15) is 13.2 Å². The molecule has 4 rings (SSSR count). The highest BCUT2D eigenvalue weighted by molar-refractivity contribution is 8.00. The molecule has 0 aromatic heterocycles. The fourth-order valence-corrected chi connectivity index (χ4v) is 6.41. The number of hydrogen-bond acceptors (Lipinski definition) is 3. The monoisotopic (exact) mass is 440 g/mol. The van der Waals surface area contributed by atoms with Crippen LogP contribution in [0.1, 0.15) is 60.9 Å². The van der Waals surface area contributed by atoms with Gasteiger partial charge in [0, 0.05) is 36.9 Å². The molecular weight excluding hydrogens is 413 g/mol. The van der Waals surface area contributed by atoms with Gasteiger partial charge in [0.25, 0.3) is 5.91 Å². The molecule has 1 aromatic carbocycles. The molecule has 30 heavy (non-hydrogen) atoms. The number of hydrogen-bond donors (Lipinski definition) is 0. The Kier molecular flexibility index (Phi) is 6.06. The van der Waals surface area contributed by atoms with Crippen LogP contribution in [0.3, 0.4) is 0 Å². The molecule has 2 amide bonds. The molecular formula is C22H27F3N2O2S. The highest BCUT2D eigenvalue weighted by atomic mass is 32.2. The summed E-state index contributed by atoms with van der Waals surface area (Å²) in [6, 6.07) is 4.41. The van der Waals surface area contributed by atoms with E-state index in [1.54, 1.807) is 4.90 Å². The van der Waals surface area contributed by atoms with Crippen LogP contribution >= 0.6 is 11.8 Å². The summed E-state index contributed by atoms with van der Waals surface area (Å²) in [5, 5.41) is 0. The number of benzene rings is 1. The molecule has 0 unspecified atom stereocenters. The van der Waals surface area contributed by atoms with Crippen molar-refractivity contribution in [3.8, 4) is 0 Å². The van der Waals surface area contributed by atoms with Crippen molar-refractivity contribution in [1.29, 1.82) is 0 Å². The minimum atomic E-state index is -4.41. The number of carbonyl (C=O) groups is 2. The van der Waals surface area contributed by atoms with E-state index in [1.807, 2.05) is 11.8 Å². The van der Waals surface area contributed by atoms with Crippen LogP contribution in [0.4, 0.5) is 13.2 Å². The Labute approximate surface area is 179 Å². The van der Waals surface area contributed by atoms with E-state index in [4.69, 9.17) is 0 Å². The number of carbonyl (C=O) groups excluding carboxylic acids is 2.